The van der Waals surface area contributed by atoms with Gasteiger partial charge in [-0.1, -0.05) is 5.57 Å². The van der Waals surface area contributed by atoms with Gasteiger partial charge in [0, 0.05) is 0 Å². The van der Waals surface area contributed by atoms with Crippen molar-refractivity contribution in [1.82, 2.24) is 4.98 Å². The van der Waals surface area contributed by atoms with Gasteiger partial charge in [-0.25, -0.2) is 4.79 Å². The molecular formula is C13H16N2O4. The van der Waals surface area contributed by atoms with E-state index in [0.29, 0.717) is 0 Å². The molecule has 1 fully saturated rings. The molecule has 1 aliphatic rings. The molecule has 0 aliphatic carbocycles. The maximum atomic E-state index is 11.8. The fourth-order valence-electron chi connectivity index (χ4n) is 2.02. The largest absolute Gasteiger partial charge is 0.404 e. The van der Waals surface area contributed by atoms with Crippen LogP contribution < -0.4 is 10.5 Å². The van der Waals surface area contributed by atoms with Crippen LogP contribution in [-0.4, -0.2) is 28.1 Å². The fourth-order valence-corrected chi connectivity index (χ4v) is 2.02. The zero-order valence-corrected chi connectivity index (χ0v) is 11.1. The summed E-state index contributed by atoms with van der Waals surface area (Å²) in [4.78, 5) is 28.8. The third-order valence-electron chi connectivity index (χ3n) is 2.95. The average molecular weight is 264 g/mol. The number of hydrogen-bond acceptors (Lipinski definition) is 5. The monoisotopic (exact) mass is 264 g/mol. The number of aliphatic hydroxyl groups excluding tert-OH is 1. The Hall–Kier alpha value is -1.95. The molecule has 19 heavy (non-hydrogen) atoms. The molecule has 0 aromatic carbocycles. The third kappa shape index (κ3) is 2.73. The first kappa shape index (κ1) is 13.5. The minimum Gasteiger partial charge on any atom is -0.404 e. The summed E-state index contributed by atoms with van der Waals surface area (Å²) in [5.74, 6) is 0.128. The summed E-state index contributed by atoms with van der Waals surface area (Å²) in [6.45, 7) is 5.41. The molecule has 1 saturated heterocycles. The van der Waals surface area contributed by atoms with Crippen molar-refractivity contribution in [2.24, 2.45) is 0 Å². The molecule has 2 rings (SSSR count). The predicted octanol–water partition coefficient (Wildman–Crippen LogP) is 0.944. The Kier molecular flexibility index (Phi) is 3.53. The van der Waals surface area contributed by atoms with Gasteiger partial charge in [-0.15, -0.1) is 0 Å². The Balaban J connectivity index is 2.46. The minimum absolute atomic E-state index is 0.0427. The highest BCUT2D eigenvalue weighted by Gasteiger charge is 2.37. The molecule has 0 unspecified atom stereocenters. The normalized spacial score (nSPS) is 22.7. The highest BCUT2D eigenvalue weighted by atomic mass is 16.4. The second-order valence-electron chi connectivity index (χ2n) is 4.87. The topological polar surface area (TPSA) is 83.6 Å². The number of nitrogens with zero attached hydrogens (tertiary/aromatic N) is 2. The van der Waals surface area contributed by atoms with Crippen LogP contribution in [0.2, 0.25) is 0 Å². The van der Waals surface area contributed by atoms with Crippen molar-refractivity contribution in [2.45, 2.75) is 39.3 Å². The molecule has 1 amide bonds. The van der Waals surface area contributed by atoms with E-state index in [1.165, 1.54) is 4.90 Å². The highest BCUT2D eigenvalue weighted by molar-refractivity contribution is 5.96. The molecule has 1 aromatic heterocycles. The lowest BCUT2D eigenvalue weighted by atomic mass is 10.2. The molecule has 102 valence electrons. The summed E-state index contributed by atoms with van der Waals surface area (Å²) < 4.78 is 4.94. The smallest absolute Gasteiger partial charge is 0.341 e. The van der Waals surface area contributed by atoms with E-state index in [0.717, 1.165) is 11.6 Å². The quantitative estimate of drug-likeness (QED) is 0.859. The van der Waals surface area contributed by atoms with Gasteiger partial charge in [0.2, 0.25) is 11.8 Å². The Morgan fingerprint density at radius 3 is 2.74 bits per heavy atom. The summed E-state index contributed by atoms with van der Waals surface area (Å²) in [6.07, 6.45) is 0.918. The first-order chi connectivity index (χ1) is 8.88. The van der Waals surface area contributed by atoms with Gasteiger partial charge in [0.05, 0.1) is 24.6 Å². The van der Waals surface area contributed by atoms with Crippen LogP contribution in [0, 0.1) is 0 Å². The van der Waals surface area contributed by atoms with Crippen LogP contribution in [0.1, 0.15) is 33.1 Å². The van der Waals surface area contributed by atoms with Crippen LogP contribution in [0.5, 0.6) is 0 Å². The van der Waals surface area contributed by atoms with Crippen molar-refractivity contribution in [3.05, 3.63) is 28.0 Å². The Morgan fingerprint density at radius 1 is 1.53 bits per heavy atom. The summed E-state index contributed by atoms with van der Waals surface area (Å²) in [5.41, 5.74) is 0.354. The number of carbonyl (C=O) groups is 1. The number of aliphatic hydroxyl groups is 1. The van der Waals surface area contributed by atoms with E-state index in [2.05, 4.69) is 4.98 Å². The van der Waals surface area contributed by atoms with E-state index in [-0.39, 0.29) is 24.0 Å². The van der Waals surface area contributed by atoms with Crippen molar-refractivity contribution < 1.29 is 14.3 Å². The lowest BCUT2D eigenvalue weighted by Gasteiger charge is -2.21. The molecule has 0 spiro atoms. The van der Waals surface area contributed by atoms with E-state index in [9.17, 15) is 14.7 Å². The van der Waals surface area contributed by atoms with Crippen LogP contribution in [0.4, 0.5) is 5.82 Å². The molecule has 2 atom stereocenters. The number of anilines is 1. The van der Waals surface area contributed by atoms with Gasteiger partial charge in [0.25, 0.3) is 0 Å². The maximum absolute atomic E-state index is 11.8. The zero-order chi connectivity index (χ0) is 14.2. The molecule has 6 nitrogen and oxygen atoms in total. The summed E-state index contributed by atoms with van der Waals surface area (Å²) in [7, 11) is 0. The highest BCUT2D eigenvalue weighted by Crippen LogP contribution is 2.24. The molecular weight excluding hydrogens is 248 g/mol. The molecule has 1 N–H and O–H groups in total. The Bertz CT molecular complexity index is 587. The number of carbonyl (C=O) groups excluding carboxylic acids is 1. The molecule has 1 aliphatic heterocycles. The van der Waals surface area contributed by atoms with Crippen LogP contribution in [0.15, 0.2) is 20.9 Å². The van der Waals surface area contributed by atoms with Gasteiger partial charge in [-0.2, -0.15) is 4.98 Å². The molecule has 0 saturated carbocycles. The minimum atomic E-state index is -0.742. The number of allylic oxidation sites excluding steroid dienone is 1. The van der Waals surface area contributed by atoms with Crippen molar-refractivity contribution >= 4 is 17.8 Å². The zero-order valence-electron chi connectivity index (χ0n) is 11.1. The van der Waals surface area contributed by atoms with Crippen LogP contribution in [0.25, 0.3) is 6.08 Å². The third-order valence-corrected chi connectivity index (χ3v) is 2.95. The SMILES string of the molecule is CC(C)=Cc1nc(N2C(=O)C[C@H](O)[C@@H]2C)cc(=O)o1. The summed E-state index contributed by atoms with van der Waals surface area (Å²) >= 11 is 0. The van der Waals surface area contributed by atoms with Crippen molar-refractivity contribution in [2.75, 3.05) is 4.90 Å². The molecule has 2 heterocycles. The summed E-state index contributed by atoms with van der Waals surface area (Å²) in [5, 5.41) is 9.68. The van der Waals surface area contributed by atoms with E-state index in [4.69, 9.17) is 4.42 Å². The van der Waals surface area contributed by atoms with Crippen LogP contribution in [-0.2, 0) is 4.79 Å². The molecule has 6 heteroatoms. The molecule has 1 aromatic rings. The Labute approximate surface area is 110 Å². The lowest BCUT2D eigenvalue weighted by Crippen LogP contribution is -2.35. The van der Waals surface area contributed by atoms with Crippen molar-refractivity contribution in [3.63, 3.8) is 0 Å². The van der Waals surface area contributed by atoms with Gasteiger partial charge in [-0.05, 0) is 26.8 Å². The average Bonchev–Trinajstić information content (AvgIpc) is 2.51. The first-order valence-electron chi connectivity index (χ1n) is 6.05. The van der Waals surface area contributed by atoms with Gasteiger partial charge in [0.15, 0.2) is 0 Å². The maximum Gasteiger partial charge on any atom is 0.341 e. The predicted molar refractivity (Wildman–Crippen MR) is 69.7 cm³/mol. The van der Waals surface area contributed by atoms with Crippen molar-refractivity contribution in [3.8, 4) is 0 Å². The van der Waals surface area contributed by atoms with Gasteiger partial charge >= 0.3 is 5.63 Å². The van der Waals surface area contributed by atoms with E-state index in [1.807, 2.05) is 13.8 Å². The molecule has 0 bridgehead atoms. The first-order valence-corrected chi connectivity index (χ1v) is 6.05. The lowest BCUT2D eigenvalue weighted by molar-refractivity contribution is -0.117. The molecule has 0 radical (unpaired) electrons. The second-order valence-corrected chi connectivity index (χ2v) is 4.87. The van der Waals surface area contributed by atoms with E-state index < -0.39 is 17.8 Å². The number of amides is 1. The Morgan fingerprint density at radius 2 is 2.21 bits per heavy atom. The van der Waals surface area contributed by atoms with Gasteiger partial charge in [0.1, 0.15) is 5.82 Å². The number of rotatable bonds is 2. The number of hydrogen-bond donors (Lipinski definition) is 1. The second kappa shape index (κ2) is 4.97. The van der Waals surface area contributed by atoms with Gasteiger partial charge in [-0.3, -0.25) is 9.69 Å². The van der Waals surface area contributed by atoms with E-state index in [1.54, 1.807) is 13.0 Å². The standard InChI is InChI=1S/C13H16N2O4/c1-7(2)4-11-14-10(6-13(18)19-11)15-8(3)9(16)5-12(15)17/h4,6,8-9,16H,5H2,1-3H3/t8-,9-/m0/s1. The number of aromatic nitrogens is 1. The van der Waals surface area contributed by atoms with E-state index >= 15 is 0 Å². The van der Waals surface area contributed by atoms with Crippen LogP contribution in [0.3, 0.4) is 0 Å². The van der Waals surface area contributed by atoms with Gasteiger partial charge < -0.3 is 9.52 Å². The summed E-state index contributed by atoms with van der Waals surface area (Å²) in [6, 6.07) is 0.760. The van der Waals surface area contributed by atoms with Crippen LogP contribution >= 0.6 is 0 Å². The fraction of sp³-hybridized carbons (Fsp3) is 0.462. The van der Waals surface area contributed by atoms with Crippen molar-refractivity contribution in [1.29, 1.82) is 0 Å².